The first-order chi connectivity index (χ1) is 48.2. The second-order valence-electron chi connectivity index (χ2n) is 25.8. The summed E-state index contributed by atoms with van der Waals surface area (Å²) in [6.45, 7) is -0.241. The van der Waals surface area contributed by atoms with E-state index < -0.39 is 0 Å². The third-order valence-corrected chi connectivity index (χ3v) is 21.9. The first kappa shape index (κ1) is 54.0. The van der Waals surface area contributed by atoms with E-state index in [9.17, 15) is 0 Å². The topological polar surface area (TPSA) is 21.3 Å². The molecule has 97 heavy (non-hydrogen) atoms. The third kappa shape index (κ3) is 7.89. The molecule has 0 spiro atoms. The average molecular weight is 1250 g/mol. The molecule has 0 saturated carbocycles. The Hall–Kier alpha value is -12.4. The Balaban J connectivity index is 0.979. The zero-order valence-corrected chi connectivity index (χ0v) is 53.4. The number of anilines is 6. The Morgan fingerprint density at radius 3 is 1.13 bits per heavy atom. The standard InChI is InChI=1S/C90H56BN5S/c1-4-27-57(28-5-1)61-33-10-18-41-73(61)95-83-53-69-67-39-16-20-43-75(67)92(60-31-8-3-9-32-60)82(69)55-71(83)91-72-56-88-70(68-40-17-25-50-87(68)97-88)54-84(72)96(74-42-19-11-34-62(74)58-29-6-2-7-30-58)86-52-59(51-85(95)90(86)91)89-80(93-76-44-21-12-35-63(76)64-36-13-22-45-77(64)93)48-26-49-81(89)94-78-46-23-14-37-65(78)66-38-15-24-47-79(66)94/h1-56H. The molecule has 6 heterocycles. The monoisotopic (exact) mass is 1250 g/mol. The van der Waals surface area contributed by atoms with Gasteiger partial charge in [-0.2, -0.15) is 0 Å². The molecule has 0 saturated heterocycles. The van der Waals surface area contributed by atoms with Gasteiger partial charge in [0.25, 0.3) is 6.71 Å². The SMILES string of the molecule is c1ccc(-c2ccccc2N2c3cc4c(cc3B3c5cc6c(cc5N(c5ccccc5-c5ccccc5)c5cc(-c7c(-n8c9ccccc9c9ccccc98)cccc7-n7c8ccccc8c8ccccc87)cc2c53)c2ccccc2n6-c2ccccc2)sc2ccccc24)cc1. The summed E-state index contributed by atoms with van der Waals surface area (Å²) in [5.74, 6) is 0. The van der Waals surface area contributed by atoms with E-state index in [-0.39, 0.29) is 6.71 Å². The van der Waals surface area contributed by atoms with E-state index in [1.165, 1.54) is 79.9 Å². The molecule has 0 aliphatic carbocycles. The van der Waals surface area contributed by atoms with Gasteiger partial charge in [-0.25, -0.2) is 0 Å². The molecule has 0 N–H and O–H groups in total. The van der Waals surface area contributed by atoms with Gasteiger partial charge in [0, 0.05) is 97.6 Å². The highest BCUT2D eigenvalue weighted by Crippen LogP contribution is 2.53. The Kier molecular flexibility index (Phi) is 11.7. The molecule has 21 rings (SSSR count). The first-order valence-electron chi connectivity index (χ1n) is 33.4. The summed E-state index contributed by atoms with van der Waals surface area (Å²) in [4.78, 5) is 5.33. The van der Waals surface area contributed by atoms with Crippen molar-refractivity contribution in [2.75, 3.05) is 9.80 Å². The summed E-state index contributed by atoms with van der Waals surface area (Å²) in [6, 6.07) is 127. The van der Waals surface area contributed by atoms with Gasteiger partial charge in [-0.1, -0.05) is 231 Å². The normalized spacial score (nSPS) is 12.7. The predicted molar refractivity (Wildman–Crippen MR) is 413 cm³/mol. The molecule has 0 unspecified atom stereocenters. The maximum absolute atomic E-state index is 2.66. The Morgan fingerprint density at radius 2 is 0.619 bits per heavy atom. The van der Waals surface area contributed by atoms with Crippen LogP contribution in [-0.4, -0.2) is 20.4 Å². The fraction of sp³-hybridized carbons (Fsp3) is 0. The van der Waals surface area contributed by atoms with Crippen LogP contribution in [0.4, 0.5) is 34.1 Å². The lowest BCUT2D eigenvalue weighted by Gasteiger charge is -2.45. The van der Waals surface area contributed by atoms with Crippen LogP contribution in [0.15, 0.2) is 340 Å². The molecule has 4 aromatic heterocycles. The van der Waals surface area contributed by atoms with Crippen LogP contribution in [0, 0.1) is 0 Å². The van der Waals surface area contributed by atoms with Crippen LogP contribution in [0.25, 0.3) is 136 Å². The number of nitrogens with zero attached hydrogens (tertiary/aromatic N) is 5. The molecule has 19 aromatic rings. The zero-order chi connectivity index (χ0) is 63.4. The van der Waals surface area contributed by atoms with Crippen molar-refractivity contribution in [3.63, 3.8) is 0 Å². The van der Waals surface area contributed by atoms with E-state index in [0.29, 0.717) is 0 Å². The largest absolute Gasteiger partial charge is 0.311 e. The van der Waals surface area contributed by atoms with Crippen molar-refractivity contribution in [2.45, 2.75) is 0 Å². The quantitative estimate of drug-likeness (QED) is 0.141. The second kappa shape index (κ2) is 21.0. The third-order valence-electron chi connectivity index (χ3n) is 20.8. The maximum Gasteiger partial charge on any atom is 0.252 e. The minimum absolute atomic E-state index is 0.241. The van der Waals surface area contributed by atoms with Crippen molar-refractivity contribution in [3.05, 3.63) is 340 Å². The maximum atomic E-state index is 2.66. The lowest BCUT2D eigenvalue weighted by Crippen LogP contribution is -2.61. The average Bonchev–Trinajstić information content (AvgIpc) is 1.39. The smallest absolute Gasteiger partial charge is 0.252 e. The van der Waals surface area contributed by atoms with E-state index in [4.69, 9.17) is 0 Å². The molecule has 5 nitrogen and oxygen atoms in total. The Bertz CT molecular complexity index is 6220. The molecule has 0 atom stereocenters. The van der Waals surface area contributed by atoms with Crippen LogP contribution in [0.1, 0.15) is 0 Å². The van der Waals surface area contributed by atoms with Crippen LogP contribution in [0.2, 0.25) is 0 Å². The minimum atomic E-state index is -0.241. The molecule has 0 radical (unpaired) electrons. The fourth-order valence-electron chi connectivity index (χ4n) is 16.8. The second-order valence-corrected chi connectivity index (χ2v) is 26.9. The first-order valence-corrected chi connectivity index (χ1v) is 34.3. The van der Waals surface area contributed by atoms with Gasteiger partial charge in [-0.15, -0.1) is 11.3 Å². The van der Waals surface area contributed by atoms with Crippen molar-refractivity contribution in [3.8, 4) is 50.4 Å². The number of para-hydroxylation sites is 8. The zero-order valence-electron chi connectivity index (χ0n) is 52.6. The van der Waals surface area contributed by atoms with Crippen molar-refractivity contribution < 1.29 is 0 Å². The van der Waals surface area contributed by atoms with Gasteiger partial charge in [0.2, 0.25) is 0 Å². The molecular formula is C90H56BN5S. The number of benzene rings is 15. The summed E-state index contributed by atoms with van der Waals surface area (Å²) in [5.41, 5.74) is 27.5. The highest BCUT2D eigenvalue weighted by molar-refractivity contribution is 7.26. The van der Waals surface area contributed by atoms with E-state index in [1.807, 2.05) is 11.3 Å². The highest BCUT2D eigenvalue weighted by atomic mass is 32.1. The molecule has 15 aromatic carbocycles. The summed E-state index contributed by atoms with van der Waals surface area (Å²) < 4.78 is 10.1. The number of hydrogen-bond acceptors (Lipinski definition) is 3. The molecule has 7 heteroatoms. The molecular weight excluding hydrogens is 1190 g/mol. The van der Waals surface area contributed by atoms with Gasteiger partial charge in [0.05, 0.1) is 55.8 Å². The number of rotatable bonds is 8. The van der Waals surface area contributed by atoms with Gasteiger partial charge in [0.15, 0.2) is 0 Å². The van der Waals surface area contributed by atoms with Crippen LogP contribution < -0.4 is 26.2 Å². The van der Waals surface area contributed by atoms with E-state index in [1.54, 1.807) is 0 Å². The van der Waals surface area contributed by atoms with Gasteiger partial charge in [-0.05, 0) is 142 Å². The van der Waals surface area contributed by atoms with Crippen molar-refractivity contribution in [1.29, 1.82) is 0 Å². The van der Waals surface area contributed by atoms with Crippen LogP contribution >= 0.6 is 11.3 Å². The van der Waals surface area contributed by atoms with Crippen molar-refractivity contribution >= 4 is 154 Å². The van der Waals surface area contributed by atoms with Crippen LogP contribution in [-0.2, 0) is 0 Å². The highest BCUT2D eigenvalue weighted by Gasteiger charge is 2.46. The van der Waals surface area contributed by atoms with E-state index in [2.05, 4.69) is 363 Å². The lowest BCUT2D eigenvalue weighted by atomic mass is 9.33. The number of aromatic nitrogens is 3. The number of thiophene rings is 1. The van der Waals surface area contributed by atoms with Crippen LogP contribution in [0.5, 0.6) is 0 Å². The Morgan fingerprint density at radius 1 is 0.227 bits per heavy atom. The molecule has 0 bridgehead atoms. The van der Waals surface area contributed by atoms with Gasteiger partial charge in [-0.3, -0.25) is 0 Å². The molecule has 0 fully saturated rings. The number of hydrogen-bond donors (Lipinski definition) is 0. The van der Waals surface area contributed by atoms with Crippen molar-refractivity contribution in [2.24, 2.45) is 0 Å². The number of fused-ring (bicyclic) bond motifs is 16. The molecule has 450 valence electrons. The van der Waals surface area contributed by atoms with E-state index in [0.717, 1.165) is 107 Å². The molecule has 2 aliphatic heterocycles. The lowest BCUT2D eigenvalue weighted by molar-refractivity contribution is 1.14. The van der Waals surface area contributed by atoms with Gasteiger partial charge < -0.3 is 23.5 Å². The fourth-order valence-corrected chi connectivity index (χ4v) is 17.9. The Labute approximate surface area is 564 Å². The molecule has 2 aliphatic rings. The van der Waals surface area contributed by atoms with Crippen molar-refractivity contribution in [1.82, 2.24) is 13.7 Å². The summed E-state index contributed by atoms with van der Waals surface area (Å²) in [5, 5.41) is 9.76. The summed E-state index contributed by atoms with van der Waals surface area (Å²) >= 11 is 1.90. The van der Waals surface area contributed by atoms with Crippen LogP contribution in [0.3, 0.4) is 0 Å². The molecule has 0 amide bonds. The van der Waals surface area contributed by atoms with Gasteiger partial charge in [0.1, 0.15) is 0 Å². The minimum Gasteiger partial charge on any atom is -0.311 e. The van der Waals surface area contributed by atoms with Gasteiger partial charge >= 0.3 is 0 Å². The summed E-state index contributed by atoms with van der Waals surface area (Å²) in [6.07, 6.45) is 0. The predicted octanol–water partition coefficient (Wildman–Crippen LogP) is 22.4. The summed E-state index contributed by atoms with van der Waals surface area (Å²) in [7, 11) is 0. The van der Waals surface area contributed by atoms with E-state index >= 15 is 0 Å².